The number of rotatable bonds is 7. The maximum atomic E-state index is 13.8. The fourth-order valence-corrected chi connectivity index (χ4v) is 2.31. The largest absolute Gasteiger partial charge is 0.469 e. The Bertz CT molecular complexity index is 715. The number of hydrogen-bond acceptors (Lipinski definition) is 4. The molecule has 1 atom stereocenters. The van der Waals surface area contributed by atoms with Crippen molar-refractivity contribution in [2.75, 3.05) is 13.7 Å². The van der Waals surface area contributed by atoms with Gasteiger partial charge in [-0.25, -0.2) is 4.39 Å². The van der Waals surface area contributed by atoms with Gasteiger partial charge in [0.05, 0.1) is 24.8 Å². The molecule has 2 rings (SSSR count). The molecular formula is C17H20FN3O3. The van der Waals surface area contributed by atoms with E-state index in [0.29, 0.717) is 17.7 Å². The van der Waals surface area contributed by atoms with E-state index in [1.165, 1.54) is 19.4 Å². The van der Waals surface area contributed by atoms with Gasteiger partial charge in [-0.05, 0) is 25.0 Å². The lowest BCUT2D eigenvalue weighted by Gasteiger charge is -2.15. The molecule has 0 saturated heterocycles. The molecule has 1 aromatic carbocycles. The quantitative estimate of drug-likeness (QED) is 0.784. The molecule has 0 spiro atoms. The van der Waals surface area contributed by atoms with Crippen molar-refractivity contribution in [3.8, 4) is 0 Å². The highest BCUT2D eigenvalue weighted by molar-refractivity contribution is 5.93. The molecule has 0 saturated carbocycles. The Morgan fingerprint density at radius 2 is 2.12 bits per heavy atom. The molecule has 1 amide bonds. The van der Waals surface area contributed by atoms with Crippen LogP contribution in [0.15, 0.2) is 36.7 Å². The monoisotopic (exact) mass is 333 g/mol. The van der Waals surface area contributed by atoms with Crippen LogP contribution in [0.2, 0.25) is 0 Å². The van der Waals surface area contributed by atoms with Crippen LogP contribution in [0.5, 0.6) is 0 Å². The number of benzene rings is 1. The number of nitrogens with zero attached hydrogens (tertiary/aromatic N) is 2. The van der Waals surface area contributed by atoms with Crippen LogP contribution in [-0.4, -0.2) is 35.3 Å². The third-order valence-electron chi connectivity index (χ3n) is 3.69. The van der Waals surface area contributed by atoms with E-state index in [-0.39, 0.29) is 24.7 Å². The van der Waals surface area contributed by atoms with Crippen molar-refractivity contribution in [1.29, 1.82) is 0 Å². The normalized spacial score (nSPS) is 11.8. The molecule has 0 aliphatic rings. The number of aromatic nitrogens is 2. The number of hydrogen-bond donors (Lipinski definition) is 1. The van der Waals surface area contributed by atoms with Gasteiger partial charge in [-0.2, -0.15) is 5.10 Å². The summed E-state index contributed by atoms with van der Waals surface area (Å²) in [5, 5.41) is 6.70. The number of carbonyl (C=O) groups is 2. The van der Waals surface area contributed by atoms with Crippen molar-refractivity contribution in [2.45, 2.75) is 19.9 Å². The van der Waals surface area contributed by atoms with Crippen LogP contribution in [0.1, 0.15) is 22.8 Å². The van der Waals surface area contributed by atoms with Crippen LogP contribution in [-0.2, 0) is 22.5 Å². The first-order chi connectivity index (χ1) is 11.5. The molecule has 0 radical (unpaired) electrons. The van der Waals surface area contributed by atoms with E-state index in [4.69, 9.17) is 4.74 Å². The first kappa shape index (κ1) is 17.7. The van der Waals surface area contributed by atoms with Crippen LogP contribution >= 0.6 is 0 Å². The minimum atomic E-state index is -0.669. The van der Waals surface area contributed by atoms with Crippen LogP contribution in [0, 0.1) is 11.7 Å². The lowest BCUT2D eigenvalue weighted by molar-refractivity contribution is -0.145. The number of methoxy groups -OCH3 is 1. The molecule has 1 N–H and O–H groups in total. The van der Waals surface area contributed by atoms with E-state index in [1.807, 2.05) is 6.92 Å². The van der Waals surface area contributed by atoms with Gasteiger partial charge in [-0.15, -0.1) is 0 Å². The Labute approximate surface area is 139 Å². The first-order valence-electron chi connectivity index (χ1n) is 7.67. The van der Waals surface area contributed by atoms with E-state index in [9.17, 15) is 14.0 Å². The summed E-state index contributed by atoms with van der Waals surface area (Å²) in [6.45, 7) is 2.62. The fraction of sp³-hybridized carbons (Fsp3) is 0.353. The van der Waals surface area contributed by atoms with Crippen molar-refractivity contribution < 1.29 is 18.7 Å². The molecule has 128 valence electrons. The minimum absolute atomic E-state index is 0.0527. The molecular weight excluding hydrogens is 313 g/mol. The van der Waals surface area contributed by atoms with Gasteiger partial charge in [0.25, 0.3) is 5.91 Å². The summed E-state index contributed by atoms with van der Waals surface area (Å²) in [5.41, 5.74) is 0.812. The molecule has 1 aromatic heterocycles. The summed E-state index contributed by atoms with van der Waals surface area (Å²) in [6, 6.07) is 6.23. The van der Waals surface area contributed by atoms with Crippen molar-refractivity contribution in [2.24, 2.45) is 5.92 Å². The summed E-state index contributed by atoms with van der Waals surface area (Å²) in [7, 11) is 1.27. The lowest BCUT2D eigenvalue weighted by Crippen LogP contribution is -2.34. The standard InChI is InChI=1S/C17H20FN3O3/c1-3-21-11-14(10-20-21)16(22)19-9-13(17(23)24-2)8-12-6-4-5-7-15(12)18/h4-7,10-11,13H,3,8-9H2,1-2H3,(H,19,22)/t13-/m0/s1. The molecule has 24 heavy (non-hydrogen) atoms. The summed E-state index contributed by atoms with van der Waals surface area (Å²) in [5.74, 6) is -1.89. The Morgan fingerprint density at radius 3 is 2.75 bits per heavy atom. The zero-order chi connectivity index (χ0) is 17.5. The van der Waals surface area contributed by atoms with Crippen LogP contribution in [0.4, 0.5) is 4.39 Å². The van der Waals surface area contributed by atoms with E-state index in [0.717, 1.165) is 0 Å². The predicted molar refractivity (Wildman–Crippen MR) is 85.8 cm³/mol. The smallest absolute Gasteiger partial charge is 0.310 e. The van der Waals surface area contributed by atoms with Gasteiger partial charge in [-0.1, -0.05) is 18.2 Å². The molecule has 0 bridgehead atoms. The highest BCUT2D eigenvalue weighted by Crippen LogP contribution is 2.14. The van der Waals surface area contributed by atoms with Crippen molar-refractivity contribution >= 4 is 11.9 Å². The summed E-state index contributed by atoms with van der Waals surface area (Å²) in [6.07, 6.45) is 3.23. The van der Waals surface area contributed by atoms with Gasteiger partial charge in [-0.3, -0.25) is 14.3 Å². The highest BCUT2D eigenvalue weighted by atomic mass is 19.1. The van der Waals surface area contributed by atoms with Gasteiger partial charge < -0.3 is 10.1 Å². The number of amides is 1. The Kier molecular flexibility index (Phi) is 6.06. The molecule has 2 aromatic rings. The van der Waals surface area contributed by atoms with E-state index in [1.54, 1.807) is 29.1 Å². The fourth-order valence-electron chi connectivity index (χ4n) is 2.31. The average Bonchev–Trinajstić information content (AvgIpc) is 3.08. The summed E-state index contributed by atoms with van der Waals surface area (Å²) < 4.78 is 20.2. The molecule has 7 heteroatoms. The number of aryl methyl sites for hydroxylation is 1. The van der Waals surface area contributed by atoms with Gasteiger partial charge in [0.1, 0.15) is 5.82 Å². The topological polar surface area (TPSA) is 73.2 Å². The van der Waals surface area contributed by atoms with Crippen LogP contribution in [0.3, 0.4) is 0 Å². The van der Waals surface area contributed by atoms with Crippen molar-refractivity contribution in [1.82, 2.24) is 15.1 Å². The summed E-state index contributed by atoms with van der Waals surface area (Å²) >= 11 is 0. The van der Waals surface area contributed by atoms with E-state index < -0.39 is 11.9 Å². The predicted octanol–water partition coefficient (Wildman–Crippen LogP) is 1.80. The third-order valence-corrected chi connectivity index (χ3v) is 3.69. The molecule has 0 unspecified atom stereocenters. The Hall–Kier alpha value is -2.70. The second kappa shape index (κ2) is 8.24. The molecule has 1 heterocycles. The number of esters is 1. The van der Waals surface area contributed by atoms with Crippen LogP contribution in [0.25, 0.3) is 0 Å². The van der Waals surface area contributed by atoms with Gasteiger partial charge in [0, 0.05) is 19.3 Å². The summed E-state index contributed by atoms with van der Waals surface area (Å²) in [4.78, 5) is 24.0. The van der Waals surface area contributed by atoms with E-state index in [2.05, 4.69) is 10.4 Å². The maximum absolute atomic E-state index is 13.8. The SMILES string of the molecule is CCn1cc(C(=O)NC[C@H](Cc2ccccc2F)C(=O)OC)cn1. The van der Waals surface area contributed by atoms with Gasteiger partial charge in [0.2, 0.25) is 0 Å². The molecule has 0 fully saturated rings. The Morgan fingerprint density at radius 1 is 1.38 bits per heavy atom. The minimum Gasteiger partial charge on any atom is -0.469 e. The first-order valence-corrected chi connectivity index (χ1v) is 7.67. The molecule has 0 aliphatic carbocycles. The van der Waals surface area contributed by atoms with Crippen molar-refractivity contribution in [3.05, 3.63) is 53.6 Å². The second-order valence-corrected chi connectivity index (χ2v) is 5.31. The van der Waals surface area contributed by atoms with Crippen molar-refractivity contribution in [3.63, 3.8) is 0 Å². The number of nitrogens with one attached hydrogen (secondary N) is 1. The Balaban J connectivity index is 2.02. The highest BCUT2D eigenvalue weighted by Gasteiger charge is 2.22. The zero-order valence-corrected chi connectivity index (χ0v) is 13.7. The number of ether oxygens (including phenoxy) is 1. The maximum Gasteiger partial charge on any atom is 0.310 e. The van der Waals surface area contributed by atoms with Gasteiger partial charge >= 0.3 is 5.97 Å². The third kappa shape index (κ3) is 4.41. The number of carbonyl (C=O) groups excluding carboxylic acids is 2. The van der Waals surface area contributed by atoms with Gasteiger partial charge in [0.15, 0.2) is 0 Å². The lowest BCUT2D eigenvalue weighted by atomic mass is 9.98. The molecule has 0 aliphatic heterocycles. The number of halogens is 1. The second-order valence-electron chi connectivity index (χ2n) is 5.31. The van der Waals surface area contributed by atoms with Crippen LogP contribution < -0.4 is 5.32 Å². The average molecular weight is 333 g/mol. The zero-order valence-electron chi connectivity index (χ0n) is 13.7. The van der Waals surface area contributed by atoms with E-state index >= 15 is 0 Å². The molecule has 6 nitrogen and oxygen atoms in total.